The molecule has 1 aliphatic heterocycles. The Bertz CT molecular complexity index is 562. The normalized spacial score (nSPS) is 17.3. The molecular weight excluding hydrogens is 374 g/mol. The molecule has 0 spiro atoms. The van der Waals surface area contributed by atoms with E-state index in [4.69, 9.17) is 10.5 Å². The van der Waals surface area contributed by atoms with Crippen LogP contribution in [0.15, 0.2) is 30.3 Å². The molecule has 2 atom stereocenters. The van der Waals surface area contributed by atoms with Crippen LogP contribution in [0.4, 0.5) is 0 Å². The van der Waals surface area contributed by atoms with Crippen LogP contribution < -0.4 is 15.8 Å². The molecule has 26 heavy (non-hydrogen) atoms. The summed E-state index contributed by atoms with van der Waals surface area (Å²) < 4.78 is 5.45. The van der Waals surface area contributed by atoms with Gasteiger partial charge in [0, 0.05) is 13.1 Å². The molecule has 1 heterocycles. The second-order valence-corrected chi connectivity index (χ2v) is 7.16. The second kappa shape index (κ2) is 12.0. The van der Waals surface area contributed by atoms with Crippen molar-refractivity contribution in [1.82, 2.24) is 10.2 Å². The van der Waals surface area contributed by atoms with Crippen LogP contribution in [0.1, 0.15) is 12.8 Å². The summed E-state index contributed by atoms with van der Waals surface area (Å²) in [6.07, 6.45) is 3.53. The van der Waals surface area contributed by atoms with Gasteiger partial charge in [-0.3, -0.25) is 9.59 Å². The number of nitrogens with two attached hydrogens (primary N) is 1. The number of ether oxygens (including phenoxy) is 1. The number of thioether (sulfide) groups is 1. The minimum atomic E-state index is -0.504. The molecule has 0 aromatic heterocycles. The maximum absolute atomic E-state index is 12.7. The van der Waals surface area contributed by atoms with E-state index in [1.807, 2.05) is 29.4 Å². The molecule has 0 radical (unpaired) electrons. The first kappa shape index (κ1) is 22.6. The lowest BCUT2D eigenvalue weighted by Gasteiger charge is -2.24. The first-order valence-electron chi connectivity index (χ1n) is 8.59. The molecule has 3 N–H and O–H groups in total. The summed E-state index contributed by atoms with van der Waals surface area (Å²) in [6, 6.07) is 8.66. The van der Waals surface area contributed by atoms with Crippen LogP contribution in [-0.2, 0) is 9.59 Å². The van der Waals surface area contributed by atoms with Crippen molar-refractivity contribution >= 4 is 36.0 Å². The lowest BCUT2D eigenvalue weighted by atomic mass is 10.1. The monoisotopic (exact) mass is 401 g/mol. The standard InChI is InChI=1S/C18H27N3O3S.ClH/c1-25-10-8-16(18(23)21-9-7-14(11-19)12-21)20-17(22)13-24-15-5-3-2-4-6-15;/h2-6,14,16H,7-13,19H2,1H3,(H,20,22);1H. The van der Waals surface area contributed by atoms with Crippen LogP contribution in [0.3, 0.4) is 0 Å². The molecule has 2 rings (SSSR count). The van der Waals surface area contributed by atoms with E-state index >= 15 is 0 Å². The quantitative estimate of drug-likeness (QED) is 0.655. The molecule has 0 saturated carbocycles. The van der Waals surface area contributed by atoms with Gasteiger partial charge in [0.05, 0.1) is 0 Å². The van der Waals surface area contributed by atoms with Crippen molar-refractivity contribution in [2.75, 3.05) is 38.2 Å². The molecular formula is C18H28ClN3O3S. The van der Waals surface area contributed by atoms with Gasteiger partial charge >= 0.3 is 0 Å². The SMILES string of the molecule is CSCCC(NC(=O)COc1ccccc1)C(=O)N1CCC(CN)C1.Cl. The highest BCUT2D eigenvalue weighted by Gasteiger charge is 2.30. The number of amides is 2. The predicted molar refractivity (Wildman–Crippen MR) is 108 cm³/mol. The number of rotatable bonds is 9. The number of carbonyl (C=O) groups excluding carboxylic acids is 2. The zero-order valence-corrected chi connectivity index (χ0v) is 16.7. The average Bonchev–Trinajstić information content (AvgIpc) is 3.13. The summed E-state index contributed by atoms with van der Waals surface area (Å²) in [5.41, 5.74) is 5.70. The highest BCUT2D eigenvalue weighted by molar-refractivity contribution is 7.98. The summed E-state index contributed by atoms with van der Waals surface area (Å²) in [4.78, 5) is 26.8. The fourth-order valence-electron chi connectivity index (χ4n) is 2.84. The predicted octanol–water partition coefficient (Wildman–Crippen LogP) is 1.53. The Hall–Kier alpha value is -1.44. The smallest absolute Gasteiger partial charge is 0.258 e. The van der Waals surface area contributed by atoms with Crippen LogP contribution in [0.25, 0.3) is 0 Å². The highest BCUT2D eigenvalue weighted by Crippen LogP contribution is 2.17. The first-order chi connectivity index (χ1) is 12.1. The van der Waals surface area contributed by atoms with Crippen LogP contribution >= 0.6 is 24.2 Å². The number of benzene rings is 1. The Balaban J connectivity index is 0.00000338. The maximum Gasteiger partial charge on any atom is 0.258 e. The number of nitrogens with zero attached hydrogens (tertiary/aromatic N) is 1. The fourth-order valence-corrected chi connectivity index (χ4v) is 3.31. The second-order valence-electron chi connectivity index (χ2n) is 6.18. The topological polar surface area (TPSA) is 84.7 Å². The van der Waals surface area contributed by atoms with Crippen molar-refractivity contribution in [1.29, 1.82) is 0 Å². The average molecular weight is 402 g/mol. The molecule has 2 unspecified atom stereocenters. The molecule has 146 valence electrons. The zero-order chi connectivity index (χ0) is 18.1. The van der Waals surface area contributed by atoms with Gasteiger partial charge in [-0.15, -0.1) is 12.4 Å². The van der Waals surface area contributed by atoms with E-state index in [2.05, 4.69) is 5.32 Å². The molecule has 6 nitrogen and oxygen atoms in total. The lowest BCUT2D eigenvalue weighted by molar-refractivity contribution is -0.136. The Morgan fingerprint density at radius 3 is 2.73 bits per heavy atom. The number of carbonyl (C=O) groups is 2. The number of likely N-dealkylation sites (tertiary alicyclic amines) is 1. The molecule has 8 heteroatoms. The Morgan fingerprint density at radius 1 is 1.38 bits per heavy atom. The van der Waals surface area contributed by atoms with Crippen LogP contribution in [0.2, 0.25) is 0 Å². The minimum absolute atomic E-state index is 0. The fraction of sp³-hybridized carbons (Fsp3) is 0.556. The Kier molecular flexibility index (Phi) is 10.5. The molecule has 2 amide bonds. The van der Waals surface area contributed by atoms with Gasteiger partial charge in [-0.25, -0.2) is 0 Å². The maximum atomic E-state index is 12.7. The Morgan fingerprint density at radius 2 is 2.12 bits per heavy atom. The summed E-state index contributed by atoms with van der Waals surface area (Å²) >= 11 is 1.66. The van der Waals surface area contributed by atoms with Crippen LogP contribution in [0.5, 0.6) is 5.75 Å². The molecule has 1 aliphatic rings. The van der Waals surface area contributed by atoms with Crippen molar-refractivity contribution in [3.63, 3.8) is 0 Å². The number of nitrogens with one attached hydrogen (secondary N) is 1. The van der Waals surface area contributed by atoms with Crippen LogP contribution in [0, 0.1) is 5.92 Å². The molecule has 1 aromatic rings. The van der Waals surface area contributed by atoms with E-state index in [0.29, 0.717) is 37.7 Å². The van der Waals surface area contributed by atoms with Gasteiger partial charge in [-0.2, -0.15) is 11.8 Å². The van der Waals surface area contributed by atoms with E-state index in [1.54, 1.807) is 23.9 Å². The summed E-state index contributed by atoms with van der Waals surface area (Å²) in [6.45, 7) is 1.89. The van der Waals surface area contributed by atoms with Gasteiger partial charge in [0.25, 0.3) is 5.91 Å². The van der Waals surface area contributed by atoms with Crippen LogP contribution in [-0.4, -0.2) is 61.0 Å². The summed E-state index contributed by atoms with van der Waals surface area (Å²) in [7, 11) is 0. The van der Waals surface area contributed by atoms with E-state index in [9.17, 15) is 9.59 Å². The van der Waals surface area contributed by atoms with Crippen molar-refractivity contribution in [2.45, 2.75) is 18.9 Å². The third-order valence-electron chi connectivity index (χ3n) is 4.29. The highest BCUT2D eigenvalue weighted by atomic mass is 35.5. The molecule has 0 bridgehead atoms. The summed E-state index contributed by atoms with van der Waals surface area (Å²) in [5.74, 6) is 1.51. The molecule has 1 fully saturated rings. The van der Waals surface area contributed by atoms with Crippen molar-refractivity contribution < 1.29 is 14.3 Å². The Labute approximate surface area is 165 Å². The van der Waals surface area contributed by atoms with Crippen molar-refractivity contribution in [2.24, 2.45) is 11.7 Å². The number of para-hydroxylation sites is 1. The van der Waals surface area contributed by atoms with Crippen molar-refractivity contribution in [3.05, 3.63) is 30.3 Å². The van der Waals surface area contributed by atoms with Gasteiger partial charge in [0.2, 0.25) is 5.91 Å². The minimum Gasteiger partial charge on any atom is -0.484 e. The van der Waals surface area contributed by atoms with Gasteiger partial charge in [-0.05, 0) is 49.4 Å². The van der Waals surface area contributed by atoms with Gasteiger partial charge < -0.3 is 20.7 Å². The lowest BCUT2D eigenvalue weighted by Crippen LogP contribution is -2.49. The first-order valence-corrected chi connectivity index (χ1v) is 9.98. The largest absolute Gasteiger partial charge is 0.484 e. The third-order valence-corrected chi connectivity index (χ3v) is 4.93. The van der Waals surface area contributed by atoms with E-state index < -0.39 is 6.04 Å². The van der Waals surface area contributed by atoms with Gasteiger partial charge in [0.1, 0.15) is 11.8 Å². The number of hydrogen-bond donors (Lipinski definition) is 2. The third kappa shape index (κ3) is 7.05. The molecule has 1 aromatic carbocycles. The number of hydrogen-bond acceptors (Lipinski definition) is 5. The van der Waals surface area contributed by atoms with E-state index in [0.717, 1.165) is 12.2 Å². The van der Waals surface area contributed by atoms with Gasteiger partial charge in [-0.1, -0.05) is 18.2 Å². The number of halogens is 1. The molecule has 0 aliphatic carbocycles. The molecule has 1 saturated heterocycles. The zero-order valence-electron chi connectivity index (χ0n) is 15.1. The van der Waals surface area contributed by atoms with E-state index in [-0.39, 0.29) is 30.8 Å². The van der Waals surface area contributed by atoms with Gasteiger partial charge in [0.15, 0.2) is 6.61 Å². The van der Waals surface area contributed by atoms with Crippen molar-refractivity contribution in [3.8, 4) is 5.75 Å². The van der Waals surface area contributed by atoms with E-state index in [1.165, 1.54) is 0 Å². The summed E-state index contributed by atoms with van der Waals surface area (Å²) in [5, 5.41) is 2.83.